The molecule has 2 aromatic carbocycles. The van der Waals surface area contributed by atoms with Crippen molar-refractivity contribution in [2.24, 2.45) is 0 Å². The van der Waals surface area contributed by atoms with Gasteiger partial charge < -0.3 is 50.0 Å². The SMILES string of the molecule is O=C1CC(c2ccc(O)c(O[C@@H]3O[C@H](CO)[C@@H](O)[C@@H](O)[C@H]3O)c2)Oc2cc(O)cc(O)c21. The molecule has 0 spiro atoms. The number of hydrogen-bond donors (Lipinski definition) is 7. The lowest BCUT2D eigenvalue weighted by Gasteiger charge is -2.39. The Bertz CT molecular complexity index is 1020. The Labute approximate surface area is 181 Å². The van der Waals surface area contributed by atoms with Crippen molar-refractivity contribution in [3.8, 4) is 28.7 Å². The molecule has 0 amide bonds. The summed E-state index contributed by atoms with van der Waals surface area (Å²) in [6, 6.07) is 6.31. The van der Waals surface area contributed by atoms with Gasteiger partial charge in [-0.05, 0) is 17.7 Å². The average Bonchev–Trinajstić information content (AvgIpc) is 2.74. The molecule has 0 saturated carbocycles. The van der Waals surface area contributed by atoms with Crippen molar-refractivity contribution in [3.05, 3.63) is 41.5 Å². The van der Waals surface area contributed by atoms with E-state index in [1.54, 1.807) is 0 Å². The summed E-state index contributed by atoms with van der Waals surface area (Å²) in [5.74, 6) is -1.63. The molecule has 1 fully saturated rings. The van der Waals surface area contributed by atoms with Gasteiger partial charge in [-0.1, -0.05) is 6.07 Å². The van der Waals surface area contributed by atoms with Crippen LogP contribution in [0.2, 0.25) is 0 Å². The molecule has 4 rings (SSSR count). The van der Waals surface area contributed by atoms with Gasteiger partial charge >= 0.3 is 0 Å². The van der Waals surface area contributed by atoms with Crippen molar-refractivity contribution in [1.82, 2.24) is 0 Å². The highest BCUT2D eigenvalue weighted by molar-refractivity contribution is 6.02. The van der Waals surface area contributed by atoms with Crippen LogP contribution in [-0.2, 0) is 4.74 Å². The highest BCUT2D eigenvalue weighted by Crippen LogP contribution is 2.43. The number of ketones is 1. The van der Waals surface area contributed by atoms with E-state index in [9.17, 15) is 40.5 Å². The summed E-state index contributed by atoms with van der Waals surface area (Å²) in [4.78, 5) is 12.5. The third-order valence-corrected chi connectivity index (χ3v) is 5.43. The number of carbonyl (C=O) groups is 1. The van der Waals surface area contributed by atoms with Gasteiger partial charge in [-0.15, -0.1) is 0 Å². The molecule has 2 aromatic rings. The van der Waals surface area contributed by atoms with Crippen LogP contribution in [0.4, 0.5) is 0 Å². The third-order valence-electron chi connectivity index (χ3n) is 5.43. The van der Waals surface area contributed by atoms with Crippen molar-refractivity contribution < 1.29 is 54.8 Å². The van der Waals surface area contributed by atoms with E-state index in [0.717, 1.165) is 6.07 Å². The zero-order valence-corrected chi connectivity index (χ0v) is 16.5. The number of benzene rings is 2. The fourth-order valence-electron chi connectivity index (χ4n) is 3.73. The molecule has 0 bridgehead atoms. The van der Waals surface area contributed by atoms with E-state index < -0.39 is 54.9 Å². The number of phenolic OH excluding ortho intramolecular Hbond substituents is 3. The molecule has 7 N–H and O–H groups in total. The van der Waals surface area contributed by atoms with Crippen molar-refractivity contribution in [2.75, 3.05) is 6.61 Å². The van der Waals surface area contributed by atoms with Gasteiger partial charge in [0.1, 0.15) is 53.3 Å². The number of phenols is 3. The zero-order chi connectivity index (χ0) is 23.2. The normalized spacial score (nSPS) is 29.8. The molecule has 0 aromatic heterocycles. The van der Waals surface area contributed by atoms with E-state index in [4.69, 9.17) is 14.2 Å². The Morgan fingerprint density at radius 1 is 0.969 bits per heavy atom. The molecular weight excluding hydrogens is 428 g/mol. The van der Waals surface area contributed by atoms with E-state index >= 15 is 0 Å². The molecule has 2 heterocycles. The van der Waals surface area contributed by atoms with Crippen molar-refractivity contribution in [2.45, 2.75) is 43.2 Å². The summed E-state index contributed by atoms with van der Waals surface area (Å²) in [6.45, 7) is -0.645. The lowest BCUT2D eigenvalue weighted by atomic mass is 9.95. The van der Waals surface area contributed by atoms with Gasteiger partial charge in [0.25, 0.3) is 0 Å². The monoisotopic (exact) mass is 450 g/mol. The second kappa shape index (κ2) is 8.45. The molecule has 6 atom stereocenters. The Kier molecular flexibility index (Phi) is 5.84. The minimum atomic E-state index is -1.68. The van der Waals surface area contributed by atoms with Gasteiger partial charge in [-0.3, -0.25) is 4.79 Å². The Morgan fingerprint density at radius 3 is 2.44 bits per heavy atom. The first-order valence-electron chi connectivity index (χ1n) is 9.75. The molecule has 11 nitrogen and oxygen atoms in total. The number of aliphatic hydroxyl groups is 4. The maximum atomic E-state index is 12.5. The predicted octanol–water partition coefficient (Wildman–Crippen LogP) is -0.311. The lowest BCUT2D eigenvalue weighted by Crippen LogP contribution is -2.60. The second-order valence-corrected chi connectivity index (χ2v) is 7.61. The Hall–Kier alpha value is -3.09. The summed E-state index contributed by atoms with van der Waals surface area (Å²) in [6.07, 6.45) is -8.60. The molecule has 0 aliphatic carbocycles. The van der Waals surface area contributed by atoms with Gasteiger partial charge in [0.05, 0.1) is 13.0 Å². The third kappa shape index (κ3) is 3.92. The van der Waals surface area contributed by atoms with Crippen LogP contribution in [0.25, 0.3) is 0 Å². The molecular formula is C21H22O11. The first-order valence-corrected chi connectivity index (χ1v) is 9.75. The predicted molar refractivity (Wildman–Crippen MR) is 105 cm³/mol. The summed E-state index contributed by atoms with van der Waals surface area (Å²) in [5, 5.41) is 69.0. The van der Waals surface area contributed by atoms with Crippen molar-refractivity contribution >= 4 is 5.78 Å². The molecule has 2 aliphatic rings. The van der Waals surface area contributed by atoms with Crippen LogP contribution in [0.1, 0.15) is 28.4 Å². The van der Waals surface area contributed by atoms with Gasteiger partial charge in [-0.2, -0.15) is 0 Å². The van der Waals surface area contributed by atoms with Crippen LogP contribution in [0.3, 0.4) is 0 Å². The quantitative estimate of drug-likeness (QED) is 0.324. The van der Waals surface area contributed by atoms with Gasteiger partial charge in [0, 0.05) is 12.1 Å². The molecule has 11 heteroatoms. The fourth-order valence-corrected chi connectivity index (χ4v) is 3.73. The number of Topliss-reactive ketones (excluding diaryl/α,β-unsaturated/α-hetero) is 1. The fraction of sp³-hybridized carbons (Fsp3) is 0.381. The molecule has 32 heavy (non-hydrogen) atoms. The molecule has 1 saturated heterocycles. The van der Waals surface area contributed by atoms with Gasteiger partial charge in [0.2, 0.25) is 6.29 Å². The summed E-state index contributed by atoms with van der Waals surface area (Å²) in [5.41, 5.74) is 0.347. The Morgan fingerprint density at radius 2 is 1.72 bits per heavy atom. The number of aliphatic hydroxyl groups excluding tert-OH is 4. The molecule has 1 unspecified atom stereocenters. The largest absolute Gasteiger partial charge is 0.508 e. The maximum Gasteiger partial charge on any atom is 0.229 e. The summed E-state index contributed by atoms with van der Waals surface area (Å²) in [7, 11) is 0. The first kappa shape index (κ1) is 22.1. The average molecular weight is 450 g/mol. The highest BCUT2D eigenvalue weighted by Gasteiger charge is 2.45. The van der Waals surface area contributed by atoms with Crippen LogP contribution in [0, 0.1) is 0 Å². The lowest BCUT2D eigenvalue weighted by molar-refractivity contribution is -0.277. The number of ether oxygens (including phenoxy) is 3. The summed E-state index contributed by atoms with van der Waals surface area (Å²) >= 11 is 0. The standard InChI is InChI=1S/C21H22O11/c22-7-16-18(27)19(28)20(29)21(32-16)31-14-3-8(1-2-10(14)24)13-6-12(26)17-11(25)4-9(23)5-15(17)30-13/h1-5,13,16,18-25,27-29H,6-7H2/t13?,16-,18-,19-,20-,21-/m1/s1. The number of aromatic hydroxyl groups is 3. The van der Waals surface area contributed by atoms with E-state index in [1.807, 2.05) is 0 Å². The number of carbonyl (C=O) groups excluding carboxylic acids is 1. The minimum absolute atomic E-state index is 0.00627. The highest BCUT2D eigenvalue weighted by atomic mass is 16.7. The van der Waals surface area contributed by atoms with Crippen molar-refractivity contribution in [1.29, 1.82) is 0 Å². The van der Waals surface area contributed by atoms with Crippen LogP contribution in [0.5, 0.6) is 28.7 Å². The second-order valence-electron chi connectivity index (χ2n) is 7.61. The topological polar surface area (TPSA) is 186 Å². The van der Waals surface area contributed by atoms with E-state index in [-0.39, 0.29) is 35.0 Å². The minimum Gasteiger partial charge on any atom is -0.508 e. The van der Waals surface area contributed by atoms with E-state index in [2.05, 4.69) is 0 Å². The van der Waals surface area contributed by atoms with Gasteiger partial charge in [-0.25, -0.2) is 0 Å². The van der Waals surface area contributed by atoms with Gasteiger partial charge in [0.15, 0.2) is 17.3 Å². The van der Waals surface area contributed by atoms with Crippen LogP contribution in [-0.4, -0.2) is 78.8 Å². The smallest absolute Gasteiger partial charge is 0.229 e. The van der Waals surface area contributed by atoms with E-state index in [0.29, 0.717) is 5.56 Å². The first-order chi connectivity index (χ1) is 15.2. The zero-order valence-electron chi connectivity index (χ0n) is 16.5. The van der Waals surface area contributed by atoms with Crippen LogP contribution in [0.15, 0.2) is 30.3 Å². The van der Waals surface area contributed by atoms with Crippen LogP contribution >= 0.6 is 0 Å². The summed E-state index contributed by atoms with van der Waals surface area (Å²) < 4.78 is 16.5. The Balaban J connectivity index is 1.59. The molecule has 0 radical (unpaired) electrons. The number of fused-ring (bicyclic) bond motifs is 1. The molecule has 2 aliphatic heterocycles. The molecule has 172 valence electrons. The number of hydrogen-bond acceptors (Lipinski definition) is 11. The van der Waals surface area contributed by atoms with E-state index in [1.165, 1.54) is 24.3 Å². The number of rotatable bonds is 4. The maximum absolute atomic E-state index is 12.5. The van der Waals surface area contributed by atoms with Crippen molar-refractivity contribution in [3.63, 3.8) is 0 Å². The van der Waals surface area contributed by atoms with Crippen LogP contribution < -0.4 is 9.47 Å².